The van der Waals surface area contributed by atoms with Crippen LogP contribution in [0.3, 0.4) is 0 Å². The van der Waals surface area contributed by atoms with Gasteiger partial charge in [-0.2, -0.15) is 0 Å². The first-order valence-electron chi connectivity index (χ1n) is 7.54. The molecule has 5 heteroatoms. The largest absolute Gasteiger partial charge is 0.392 e. The van der Waals surface area contributed by atoms with Gasteiger partial charge in [0.25, 0.3) is 0 Å². The lowest BCUT2D eigenvalue weighted by molar-refractivity contribution is 0.282. The van der Waals surface area contributed by atoms with Crippen molar-refractivity contribution in [2.45, 2.75) is 6.61 Å². The number of hydrogen-bond donors (Lipinski definition) is 1. The predicted molar refractivity (Wildman–Crippen MR) is 89.7 cm³/mol. The van der Waals surface area contributed by atoms with Crippen LogP contribution >= 0.6 is 0 Å². The van der Waals surface area contributed by atoms with E-state index in [0.29, 0.717) is 5.65 Å². The van der Waals surface area contributed by atoms with Crippen molar-refractivity contribution < 1.29 is 9.50 Å². The number of halogens is 1. The number of nitrogens with zero attached hydrogens (tertiary/aromatic N) is 3. The molecular formula is C19H14FN3O. The molecule has 118 valence electrons. The lowest BCUT2D eigenvalue weighted by Crippen LogP contribution is -1.93. The van der Waals surface area contributed by atoms with E-state index in [1.54, 1.807) is 18.5 Å². The summed E-state index contributed by atoms with van der Waals surface area (Å²) in [6.07, 6.45) is 5.29. The molecule has 0 aliphatic carbocycles. The molecule has 0 radical (unpaired) electrons. The van der Waals surface area contributed by atoms with Gasteiger partial charge in [-0.05, 0) is 17.7 Å². The van der Waals surface area contributed by atoms with E-state index >= 15 is 0 Å². The van der Waals surface area contributed by atoms with E-state index in [2.05, 4.69) is 9.97 Å². The van der Waals surface area contributed by atoms with Crippen molar-refractivity contribution in [1.29, 1.82) is 0 Å². The molecule has 0 saturated carbocycles. The van der Waals surface area contributed by atoms with Crippen LogP contribution < -0.4 is 0 Å². The lowest BCUT2D eigenvalue weighted by atomic mass is 10.1. The fraction of sp³-hybridized carbons (Fsp3) is 0.0526. The normalized spacial score (nSPS) is 11.1. The van der Waals surface area contributed by atoms with Gasteiger partial charge in [0.2, 0.25) is 0 Å². The second-order valence-electron chi connectivity index (χ2n) is 5.51. The van der Waals surface area contributed by atoms with E-state index in [4.69, 9.17) is 5.11 Å². The molecule has 24 heavy (non-hydrogen) atoms. The van der Waals surface area contributed by atoms with Gasteiger partial charge in [-0.15, -0.1) is 0 Å². The molecular weight excluding hydrogens is 305 g/mol. The Morgan fingerprint density at radius 1 is 0.958 bits per heavy atom. The van der Waals surface area contributed by atoms with Gasteiger partial charge in [0, 0.05) is 17.3 Å². The zero-order chi connectivity index (χ0) is 16.5. The maximum Gasteiger partial charge on any atom is 0.155 e. The SMILES string of the molecule is OCc1ccc(-c2cn3c(-c4cccc(F)c4)cnc3cn2)cc1. The van der Waals surface area contributed by atoms with Crippen molar-refractivity contribution >= 4 is 5.65 Å². The van der Waals surface area contributed by atoms with E-state index in [0.717, 1.165) is 28.1 Å². The smallest absolute Gasteiger partial charge is 0.155 e. The number of aliphatic hydroxyl groups excluding tert-OH is 1. The summed E-state index contributed by atoms with van der Waals surface area (Å²) in [4.78, 5) is 8.77. The van der Waals surface area contributed by atoms with E-state index < -0.39 is 0 Å². The molecule has 0 aliphatic rings. The Morgan fingerprint density at radius 3 is 2.54 bits per heavy atom. The van der Waals surface area contributed by atoms with E-state index in [1.807, 2.05) is 40.9 Å². The third kappa shape index (κ3) is 2.55. The first-order valence-corrected chi connectivity index (χ1v) is 7.54. The van der Waals surface area contributed by atoms with E-state index in [9.17, 15) is 4.39 Å². The summed E-state index contributed by atoms with van der Waals surface area (Å²) >= 11 is 0. The van der Waals surface area contributed by atoms with Gasteiger partial charge in [-0.25, -0.2) is 9.37 Å². The molecule has 2 aromatic heterocycles. The van der Waals surface area contributed by atoms with Gasteiger partial charge in [0.05, 0.1) is 30.4 Å². The first-order chi connectivity index (χ1) is 11.7. The van der Waals surface area contributed by atoms with Crippen LogP contribution in [0.1, 0.15) is 5.56 Å². The average Bonchev–Trinajstić information content (AvgIpc) is 3.05. The summed E-state index contributed by atoms with van der Waals surface area (Å²) in [5.74, 6) is -0.281. The van der Waals surface area contributed by atoms with Crippen molar-refractivity contribution in [3.63, 3.8) is 0 Å². The van der Waals surface area contributed by atoms with Gasteiger partial charge in [-0.3, -0.25) is 9.38 Å². The van der Waals surface area contributed by atoms with Gasteiger partial charge < -0.3 is 5.11 Å². The summed E-state index contributed by atoms with van der Waals surface area (Å²) in [5.41, 5.74) is 4.83. The van der Waals surface area contributed by atoms with Crippen LogP contribution in [0.25, 0.3) is 28.2 Å². The highest BCUT2D eigenvalue weighted by molar-refractivity contribution is 5.66. The summed E-state index contributed by atoms with van der Waals surface area (Å²) in [6, 6.07) is 14.0. The highest BCUT2D eigenvalue weighted by Crippen LogP contribution is 2.24. The third-order valence-corrected chi connectivity index (χ3v) is 3.95. The fourth-order valence-corrected chi connectivity index (χ4v) is 2.68. The second kappa shape index (κ2) is 5.86. The van der Waals surface area contributed by atoms with Crippen LogP contribution in [-0.2, 0) is 6.61 Å². The van der Waals surface area contributed by atoms with Crippen LogP contribution in [0.4, 0.5) is 4.39 Å². The Bertz CT molecular complexity index is 1010. The highest BCUT2D eigenvalue weighted by atomic mass is 19.1. The molecule has 4 rings (SSSR count). The van der Waals surface area contributed by atoms with E-state index in [-0.39, 0.29) is 12.4 Å². The Labute approximate surface area is 137 Å². The average molecular weight is 319 g/mol. The molecule has 0 amide bonds. The standard InChI is InChI=1S/C19H14FN3O/c20-16-3-1-2-15(8-16)18-9-22-19-10-21-17(11-23(18)19)14-6-4-13(12-24)5-7-14/h1-11,24H,12H2. The summed E-state index contributed by atoms with van der Waals surface area (Å²) in [6.45, 7) is 0.0119. The lowest BCUT2D eigenvalue weighted by Gasteiger charge is -2.06. The van der Waals surface area contributed by atoms with Crippen molar-refractivity contribution in [2.24, 2.45) is 0 Å². The van der Waals surface area contributed by atoms with Gasteiger partial charge in [0.1, 0.15) is 5.82 Å². The molecule has 0 fully saturated rings. The molecule has 0 atom stereocenters. The van der Waals surface area contributed by atoms with Crippen LogP contribution in [0, 0.1) is 5.82 Å². The Morgan fingerprint density at radius 2 is 1.79 bits per heavy atom. The van der Waals surface area contributed by atoms with Crippen molar-refractivity contribution in [3.8, 4) is 22.5 Å². The van der Waals surface area contributed by atoms with Crippen molar-refractivity contribution in [2.75, 3.05) is 0 Å². The fourth-order valence-electron chi connectivity index (χ4n) is 2.68. The highest BCUT2D eigenvalue weighted by Gasteiger charge is 2.09. The molecule has 0 bridgehead atoms. The quantitative estimate of drug-likeness (QED) is 0.626. The first kappa shape index (κ1) is 14.5. The number of aliphatic hydroxyl groups is 1. The number of rotatable bonds is 3. The number of imidazole rings is 1. The number of aromatic nitrogens is 3. The third-order valence-electron chi connectivity index (χ3n) is 3.95. The van der Waals surface area contributed by atoms with Gasteiger partial charge in [0.15, 0.2) is 5.65 Å². The monoisotopic (exact) mass is 319 g/mol. The van der Waals surface area contributed by atoms with Crippen LogP contribution in [0.5, 0.6) is 0 Å². The van der Waals surface area contributed by atoms with Crippen LogP contribution in [0.2, 0.25) is 0 Å². The molecule has 1 N–H and O–H groups in total. The minimum Gasteiger partial charge on any atom is -0.392 e. The summed E-state index contributed by atoms with van der Waals surface area (Å²) in [5, 5.41) is 9.14. The molecule has 2 heterocycles. The molecule has 4 nitrogen and oxygen atoms in total. The molecule has 4 aromatic rings. The number of benzene rings is 2. The summed E-state index contributed by atoms with van der Waals surface area (Å²) < 4.78 is 15.4. The zero-order valence-electron chi connectivity index (χ0n) is 12.7. The molecule has 0 spiro atoms. The maximum absolute atomic E-state index is 13.5. The Hall–Kier alpha value is -3.05. The van der Waals surface area contributed by atoms with E-state index in [1.165, 1.54) is 12.1 Å². The minimum atomic E-state index is -0.281. The van der Waals surface area contributed by atoms with Crippen LogP contribution in [0.15, 0.2) is 67.1 Å². The number of fused-ring (bicyclic) bond motifs is 1. The van der Waals surface area contributed by atoms with Gasteiger partial charge >= 0.3 is 0 Å². The van der Waals surface area contributed by atoms with Crippen molar-refractivity contribution in [3.05, 3.63) is 78.5 Å². The van der Waals surface area contributed by atoms with Crippen LogP contribution in [-0.4, -0.2) is 19.5 Å². The Balaban J connectivity index is 1.83. The van der Waals surface area contributed by atoms with Crippen molar-refractivity contribution in [1.82, 2.24) is 14.4 Å². The zero-order valence-corrected chi connectivity index (χ0v) is 12.7. The molecule has 2 aromatic carbocycles. The minimum absolute atomic E-state index is 0.0119. The van der Waals surface area contributed by atoms with Gasteiger partial charge in [-0.1, -0.05) is 36.4 Å². The second-order valence-corrected chi connectivity index (χ2v) is 5.51. The molecule has 0 aliphatic heterocycles. The predicted octanol–water partition coefficient (Wildman–Crippen LogP) is 3.69. The topological polar surface area (TPSA) is 50.4 Å². The summed E-state index contributed by atoms with van der Waals surface area (Å²) in [7, 11) is 0. The Kier molecular flexibility index (Phi) is 3.55. The molecule has 0 unspecified atom stereocenters. The number of hydrogen-bond acceptors (Lipinski definition) is 3. The maximum atomic E-state index is 13.5. The molecule has 0 saturated heterocycles.